The van der Waals surface area contributed by atoms with Crippen LogP contribution in [0.1, 0.15) is 10.4 Å². The van der Waals surface area contributed by atoms with E-state index in [-0.39, 0.29) is 10.6 Å². The molecular weight excluding hydrogens is 308 g/mol. The van der Waals surface area contributed by atoms with Crippen LogP contribution in [0.25, 0.3) is 10.1 Å². The van der Waals surface area contributed by atoms with Crippen LogP contribution >= 0.6 is 11.3 Å². The van der Waals surface area contributed by atoms with Crippen LogP contribution in [-0.4, -0.2) is 14.7 Å². The lowest BCUT2D eigenvalue weighted by Crippen LogP contribution is -2.09. The second-order valence-corrected chi connectivity index (χ2v) is 6.77. The van der Waals surface area contributed by atoms with Crippen LogP contribution in [0.3, 0.4) is 0 Å². The second kappa shape index (κ2) is 5.31. The first-order chi connectivity index (χ1) is 10.1. The normalized spacial score (nSPS) is 11.4. The standard InChI is InChI=1S/C15H10O4S2/c16-9-11-10-20-15-7-6-12(8-14(11)15)19-21(17,18)13-4-2-1-3-5-13/h1-10H. The molecule has 0 atom stereocenters. The van der Waals surface area contributed by atoms with Gasteiger partial charge in [-0.1, -0.05) is 18.2 Å². The highest BCUT2D eigenvalue weighted by atomic mass is 32.2. The van der Waals surface area contributed by atoms with Gasteiger partial charge in [0.25, 0.3) is 0 Å². The summed E-state index contributed by atoms with van der Waals surface area (Å²) >= 11 is 1.43. The van der Waals surface area contributed by atoms with Crippen molar-refractivity contribution in [2.75, 3.05) is 0 Å². The number of hydrogen-bond donors (Lipinski definition) is 0. The van der Waals surface area contributed by atoms with E-state index in [1.54, 1.807) is 41.8 Å². The Balaban J connectivity index is 2.00. The molecule has 0 bridgehead atoms. The fourth-order valence-corrected chi connectivity index (χ4v) is 3.76. The zero-order valence-corrected chi connectivity index (χ0v) is 12.4. The lowest BCUT2D eigenvalue weighted by atomic mass is 10.2. The number of aldehydes is 1. The van der Waals surface area contributed by atoms with Gasteiger partial charge >= 0.3 is 10.1 Å². The first-order valence-electron chi connectivity index (χ1n) is 6.06. The summed E-state index contributed by atoms with van der Waals surface area (Å²) in [6.07, 6.45) is 0.744. The highest BCUT2D eigenvalue weighted by molar-refractivity contribution is 7.87. The number of carbonyl (C=O) groups excluding carboxylic acids is 1. The Morgan fingerprint density at radius 3 is 2.52 bits per heavy atom. The summed E-state index contributed by atoms with van der Waals surface area (Å²) in [6, 6.07) is 12.8. The van der Waals surface area contributed by atoms with E-state index in [1.807, 2.05) is 0 Å². The average Bonchev–Trinajstić information content (AvgIpc) is 2.90. The monoisotopic (exact) mass is 318 g/mol. The molecule has 0 N–H and O–H groups in total. The Bertz CT molecular complexity index is 896. The van der Waals surface area contributed by atoms with Gasteiger partial charge in [0.05, 0.1) is 0 Å². The first kappa shape index (κ1) is 13.8. The smallest absolute Gasteiger partial charge is 0.339 e. The number of thiophene rings is 1. The van der Waals surface area contributed by atoms with Crippen molar-refractivity contribution in [1.29, 1.82) is 0 Å². The van der Waals surface area contributed by atoms with Crippen molar-refractivity contribution in [3.05, 3.63) is 59.5 Å². The Hall–Kier alpha value is -2.18. The zero-order chi connectivity index (χ0) is 14.9. The minimum absolute atomic E-state index is 0.0889. The van der Waals surface area contributed by atoms with Gasteiger partial charge in [-0.25, -0.2) is 0 Å². The Morgan fingerprint density at radius 2 is 1.81 bits per heavy atom. The predicted molar refractivity (Wildman–Crippen MR) is 81.5 cm³/mol. The number of benzene rings is 2. The summed E-state index contributed by atoms with van der Waals surface area (Å²) < 4.78 is 30.3. The summed E-state index contributed by atoms with van der Waals surface area (Å²) in [5, 5.41) is 2.42. The summed E-state index contributed by atoms with van der Waals surface area (Å²) in [7, 11) is -3.87. The molecule has 1 aromatic heterocycles. The quantitative estimate of drug-likeness (QED) is 0.546. The molecule has 0 radical (unpaired) electrons. The third kappa shape index (κ3) is 2.68. The van der Waals surface area contributed by atoms with Crippen LogP contribution in [0.15, 0.2) is 58.8 Å². The lowest BCUT2D eigenvalue weighted by Gasteiger charge is -2.07. The molecular formula is C15H10O4S2. The van der Waals surface area contributed by atoms with Crippen molar-refractivity contribution in [3.63, 3.8) is 0 Å². The molecule has 0 amide bonds. The van der Waals surface area contributed by atoms with E-state index in [2.05, 4.69) is 0 Å². The molecule has 6 heteroatoms. The third-order valence-electron chi connectivity index (χ3n) is 2.94. The highest BCUT2D eigenvalue weighted by Gasteiger charge is 2.16. The molecule has 3 rings (SSSR count). The zero-order valence-electron chi connectivity index (χ0n) is 10.7. The molecule has 0 aliphatic carbocycles. The lowest BCUT2D eigenvalue weighted by molar-refractivity contribution is 0.112. The average molecular weight is 318 g/mol. The van der Waals surface area contributed by atoms with Gasteiger partial charge in [-0.15, -0.1) is 11.3 Å². The fraction of sp³-hybridized carbons (Fsp3) is 0. The van der Waals surface area contributed by atoms with Crippen LogP contribution in [-0.2, 0) is 10.1 Å². The maximum absolute atomic E-state index is 12.1. The third-order valence-corrected chi connectivity index (χ3v) is 5.18. The second-order valence-electron chi connectivity index (χ2n) is 4.32. The van der Waals surface area contributed by atoms with Crippen LogP contribution < -0.4 is 4.18 Å². The number of rotatable bonds is 4. The molecule has 0 aliphatic heterocycles. The molecule has 0 unspecified atom stereocenters. The van der Waals surface area contributed by atoms with E-state index < -0.39 is 10.1 Å². The largest absolute Gasteiger partial charge is 0.379 e. The summed E-state index contributed by atoms with van der Waals surface area (Å²) in [5.41, 5.74) is 0.526. The summed E-state index contributed by atoms with van der Waals surface area (Å²) in [6.45, 7) is 0. The van der Waals surface area contributed by atoms with E-state index in [4.69, 9.17) is 4.18 Å². The van der Waals surface area contributed by atoms with Crippen LogP contribution in [0.2, 0.25) is 0 Å². The maximum Gasteiger partial charge on any atom is 0.339 e. The van der Waals surface area contributed by atoms with E-state index in [0.29, 0.717) is 10.9 Å². The maximum atomic E-state index is 12.1. The topological polar surface area (TPSA) is 60.4 Å². The minimum atomic E-state index is -3.87. The summed E-state index contributed by atoms with van der Waals surface area (Å²) in [4.78, 5) is 11.0. The van der Waals surface area contributed by atoms with E-state index in [1.165, 1.54) is 23.5 Å². The minimum Gasteiger partial charge on any atom is -0.379 e. The van der Waals surface area contributed by atoms with Crippen LogP contribution in [0.5, 0.6) is 5.75 Å². The molecule has 0 saturated carbocycles. The molecule has 1 heterocycles. The Labute approximate surface area is 125 Å². The van der Waals surface area contributed by atoms with Gasteiger partial charge in [-0.3, -0.25) is 4.79 Å². The Morgan fingerprint density at radius 1 is 1.05 bits per heavy atom. The van der Waals surface area contributed by atoms with Crippen LogP contribution in [0.4, 0.5) is 0 Å². The van der Waals surface area contributed by atoms with Crippen molar-refractivity contribution in [2.24, 2.45) is 0 Å². The predicted octanol–water partition coefficient (Wildman–Crippen LogP) is 3.48. The molecule has 21 heavy (non-hydrogen) atoms. The molecule has 0 spiro atoms. The van der Waals surface area contributed by atoms with Crippen molar-refractivity contribution >= 4 is 37.8 Å². The van der Waals surface area contributed by atoms with Gasteiger partial charge in [-0.2, -0.15) is 8.42 Å². The molecule has 0 aliphatic rings. The number of fused-ring (bicyclic) bond motifs is 1. The molecule has 2 aromatic carbocycles. The van der Waals surface area contributed by atoms with Crippen molar-refractivity contribution in [3.8, 4) is 5.75 Å². The number of carbonyl (C=O) groups is 1. The molecule has 3 aromatic rings. The van der Waals surface area contributed by atoms with Crippen LogP contribution in [0, 0.1) is 0 Å². The summed E-state index contributed by atoms with van der Waals surface area (Å²) in [5.74, 6) is 0.188. The molecule has 106 valence electrons. The van der Waals surface area contributed by atoms with Gasteiger partial charge in [0.1, 0.15) is 10.6 Å². The van der Waals surface area contributed by atoms with Gasteiger partial charge in [0.15, 0.2) is 6.29 Å². The highest BCUT2D eigenvalue weighted by Crippen LogP contribution is 2.29. The number of hydrogen-bond acceptors (Lipinski definition) is 5. The fourth-order valence-electron chi connectivity index (χ4n) is 1.93. The van der Waals surface area contributed by atoms with Gasteiger partial charge in [0, 0.05) is 21.0 Å². The van der Waals surface area contributed by atoms with Crippen molar-refractivity contribution in [1.82, 2.24) is 0 Å². The van der Waals surface area contributed by atoms with E-state index >= 15 is 0 Å². The van der Waals surface area contributed by atoms with Crippen molar-refractivity contribution in [2.45, 2.75) is 4.90 Å². The van der Waals surface area contributed by atoms with E-state index in [0.717, 1.165) is 11.0 Å². The van der Waals surface area contributed by atoms with E-state index in [9.17, 15) is 13.2 Å². The molecule has 0 fully saturated rings. The van der Waals surface area contributed by atoms with Gasteiger partial charge in [-0.05, 0) is 30.3 Å². The first-order valence-corrected chi connectivity index (χ1v) is 8.35. The Kier molecular flexibility index (Phi) is 3.48. The van der Waals surface area contributed by atoms with Crippen molar-refractivity contribution < 1.29 is 17.4 Å². The van der Waals surface area contributed by atoms with Gasteiger partial charge in [0.2, 0.25) is 0 Å². The molecule has 4 nitrogen and oxygen atoms in total. The SMILES string of the molecule is O=Cc1csc2ccc(OS(=O)(=O)c3ccccc3)cc12. The molecule has 0 saturated heterocycles. The van der Waals surface area contributed by atoms with Gasteiger partial charge < -0.3 is 4.18 Å².